The molecule has 1 amide bonds. The maximum Gasteiger partial charge on any atom is 0.408 e. The maximum atomic E-state index is 12.1. The van der Waals surface area contributed by atoms with Crippen molar-refractivity contribution in [3.8, 4) is 0 Å². The smallest absolute Gasteiger partial charge is 0.408 e. The first kappa shape index (κ1) is 21.5. The molecule has 2 atom stereocenters. The van der Waals surface area contributed by atoms with Gasteiger partial charge in [0.25, 0.3) is 0 Å². The van der Waals surface area contributed by atoms with Gasteiger partial charge in [0.05, 0.1) is 12.6 Å². The van der Waals surface area contributed by atoms with Crippen LogP contribution in [0.15, 0.2) is 35.5 Å². The third-order valence-corrected chi connectivity index (χ3v) is 4.01. The zero-order chi connectivity index (χ0) is 19.0. The molecule has 0 aromatic carbocycles. The fourth-order valence-electron chi connectivity index (χ4n) is 2.27. The monoisotopic (exact) mass is 413 g/mol. The molecule has 1 aliphatic carbocycles. The maximum absolute atomic E-state index is 12.1. The van der Waals surface area contributed by atoms with E-state index in [0.717, 1.165) is 12.0 Å². The minimum atomic E-state index is -0.582. The number of allylic oxidation sites excluding steroid dienone is 3. The average molecular weight is 414 g/mol. The van der Waals surface area contributed by atoms with Crippen LogP contribution in [0.2, 0.25) is 0 Å². The van der Waals surface area contributed by atoms with Gasteiger partial charge in [-0.3, -0.25) is 0 Å². The predicted octanol–water partition coefficient (Wildman–Crippen LogP) is 4.43. The van der Waals surface area contributed by atoms with Crippen LogP contribution in [0.1, 0.15) is 47.5 Å². The molecular weight excluding hydrogens is 386 g/mol. The van der Waals surface area contributed by atoms with E-state index >= 15 is 0 Å². The van der Waals surface area contributed by atoms with Gasteiger partial charge >= 0.3 is 12.1 Å². The number of halogens is 1. The molecule has 0 heterocycles. The Kier molecular flexibility index (Phi) is 8.42. The number of ether oxygens (including phenoxy) is 2. The number of esters is 1. The van der Waals surface area contributed by atoms with E-state index < -0.39 is 11.7 Å². The van der Waals surface area contributed by atoms with Crippen LogP contribution in [0, 0.1) is 0 Å². The molecule has 0 aliphatic heterocycles. The Morgan fingerprint density at radius 2 is 2.12 bits per heavy atom. The van der Waals surface area contributed by atoms with Gasteiger partial charge in [0.15, 0.2) is 0 Å². The Bertz CT molecular complexity index is 572. The molecule has 25 heavy (non-hydrogen) atoms. The van der Waals surface area contributed by atoms with Crippen LogP contribution in [-0.2, 0) is 14.3 Å². The van der Waals surface area contributed by atoms with Gasteiger partial charge in [-0.15, -0.1) is 0 Å². The summed E-state index contributed by atoms with van der Waals surface area (Å²) in [7, 11) is 0. The summed E-state index contributed by atoms with van der Waals surface area (Å²) in [5.41, 5.74) is 0.980. The zero-order valence-electron chi connectivity index (χ0n) is 15.6. The second-order valence-corrected chi connectivity index (χ2v) is 8.09. The number of alkyl halides is 1. The summed E-state index contributed by atoms with van der Waals surface area (Å²) in [6.45, 7) is 9.18. The second kappa shape index (κ2) is 9.80. The van der Waals surface area contributed by atoms with E-state index in [1.807, 2.05) is 26.8 Å². The highest BCUT2D eigenvalue weighted by Crippen LogP contribution is 2.21. The third-order valence-electron chi connectivity index (χ3n) is 3.33. The van der Waals surface area contributed by atoms with Crippen LogP contribution in [0.25, 0.3) is 0 Å². The van der Waals surface area contributed by atoms with Gasteiger partial charge in [-0.2, -0.15) is 0 Å². The highest BCUT2D eigenvalue weighted by Gasteiger charge is 2.20. The predicted molar refractivity (Wildman–Crippen MR) is 103 cm³/mol. The largest absolute Gasteiger partial charge is 0.463 e. The molecule has 0 bridgehead atoms. The van der Waals surface area contributed by atoms with E-state index in [4.69, 9.17) is 9.47 Å². The van der Waals surface area contributed by atoms with E-state index in [1.54, 1.807) is 19.9 Å². The number of hydrogen-bond donors (Lipinski definition) is 1. The van der Waals surface area contributed by atoms with Gasteiger partial charge < -0.3 is 14.8 Å². The van der Waals surface area contributed by atoms with Crippen molar-refractivity contribution in [2.24, 2.45) is 0 Å². The molecule has 1 aliphatic rings. The van der Waals surface area contributed by atoms with Gasteiger partial charge in [0.1, 0.15) is 5.60 Å². The second-order valence-electron chi connectivity index (χ2n) is 6.92. The summed E-state index contributed by atoms with van der Waals surface area (Å²) in [5, 5.41) is 2.83. The number of amides is 1. The molecule has 140 valence electrons. The van der Waals surface area contributed by atoms with Gasteiger partial charge in [-0.1, -0.05) is 40.2 Å². The number of rotatable bonds is 6. The summed E-state index contributed by atoms with van der Waals surface area (Å²) in [5.74, 6) is -0.382. The van der Waals surface area contributed by atoms with Crippen molar-refractivity contribution in [3.05, 3.63) is 35.5 Å². The Morgan fingerprint density at radius 1 is 1.44 bits per heavy atom. The molecule has 6 heteroatoms. The molecule has 0 saturated heterocycles. The molecule has 5 nitrogen and oxygen atoms in total. The standard InChI is InChI=1S/C19H28BrNO4/c1-6-24-17(22)13(2)11-16(21-18(23)25-19(3,4)5)12-14-7-9-15(20)10-8-14/h7-9,11,15-16H,6,10,12H2,1-5H3,(H,21,23)/b13-11+/t15?,16-/m0/s1. The molecule has 0 aromatic heterocycles. The van der Waals surface area contributed by atoms with Gasteiger partial charge in [0.2, 0.25) is 0 Å². The van der Waals surface area contributed by atoms with Gasteiger partial charge in [0, 0.05) is 10.4 Å². The first-order chi connectivity index (χ1) is 11.6. The molecular formula is C19H28BrNO4. The van der Waals surface area contributed by atoms with Gasteiger partial charge in [-0.25, -0.2) is 9.59 Å². The molecule has 0 aromatic rings. The van der Waals surface area contributed by atoms with Crippen molar-refractivity contribution in [2.45, 2.75) is 63.9 Å². The molecule has 0 saturated carbocycles. The SMILES string of the molecule is CCOC(=O)/C(C)=C/[C@@H](CC1=CCC(Br)C=C1)NC(=O)OC(C)(C)C. The lowest BCUT2D eigenvalue weighted by Gasteiger charge is -2.23. The summed E-state index contributed by atoms with van der Waals surface area (Å²) in [6.07, 6.45) is 8.90. The lowest BCUT2D eigenvalue weighted by molar-refractivity contribution is -0.138. The van der Waals surface area contributed by atoms with E-state index in [2.05, 4.69) is 33.4 Å². The Hall–Kier alpha value is -1.56. The number of carbonyl (C=O) groups excluding carboxylic acids is 2. The molecule has 0 radical (unpaired) electrons. The van der Waals surface area contributed by atoms with Crippen LogP contribution >= 0.6 is 15.9 Å². The van der Waals surface area contributed by atoms with Crippen molar-refractivity contribution in [1.82, 2.24) is 5.32 Å². The normalized spacial score (nSPS) is 19.0. The lowest BCUT2D eigenvalue weighted by atomic mass is 9.99. The third kappa shape index (κ3) is 8.91. The first-order valence-electron chi connectivity index (χ1n) is 8.47. The highest BCUT2D eigenvalue weighted by atomic mass is 79.9. The summed E-state index contributed by atoms with van der Waals surface area (Å²) in [6, 6.07) is -0.359. The van der Waals surface area contributed by atoms with E-state index in [-0.39, 0.29) is 12.0 Å². The minimum absolute atomic E-state index is 0.314. The minimum Gasteiger partial charge on any atom is -0.463 e. The lowest BCUT2D eigenvalue weighted by Crippen LogP contribution is -2.38. The Balaban J connectivity index is 2.86. The fraction of sp³-hybridized carbons (Fsp3) is 0.579. The van der Waals surface area contributed by atoms with E-state index in [1.165, 1.54) is 0 Å². The number of hydrogen-bond acceptors (Lipinski definition) is 4. The number of carbonyl (C=O) groups is 2. The molecule has 1 rings (SSSR count). The molecule has 1 N–H and O–H groups in total. The van der Waals surface area contributed by atoms with E-state index in [0.29, 0.717) is 23.4 Å². The molecule has 0 spiro atoms. The molecule has 0 fully saturated rings. The van der Waals surface area contributed by atoms with Crippen molar-refractivity contribution in [1.29, 1.82) is 0 Å². The van der Waals surface area contributed by atoms with Crippen molar-refractivity contribution in [2.75, 3.05) is 6.61 Å². The summed E-state index contributed by atoms with van der Waals surface area (Å²) in [4.78, 5) is 24.3. The summed E-state index contributed by atoms with van der Waals surface area (Å²) >= 11 is 3.54. The average Bonchev–Trinajstić information content (AvgIpc) is 2.47. The van der Waals surface area contributed by atoms with Crippen LogP contribution in [-0.4, -0.2) is 35.1 Å². The van der Waals surface area contributed by atoms with Crippen LogP contribution in [0.5, 0.6) is 0 Å². The van der Waals surface area contributed by atoms with Gasteiger partial charge in [-0.05, 0) is 53.0 Å². The van der Waals surface area contributed by atoms with E-state index in [9.17, 15) is 9.59 Å². The number of alkyl carbamates (subject to hydrolysis) is 1. The fourth-order valence-corrected chi connectivity index (χ4v) is 2.61. The highest BCUT2D eigenvalue weighted by molar-refractivity contribution is 9.09. The first-order valence-corrected chi connectivity index (χ1v) is 9.38. The Morgan fingerprint density at radius 3 is 2.64 bits per heavy atom. The van der Waals surface area contributed by atoms with Crippen molar-refractivity contribution < 1.29 is 19.1 Å². The number of nitrogens with one attached hydrogen (secondary N) is 1. The molecule has 1 unspecified atom stereocenters. The van der Waals surface area contributed by atoms with Crippen molar-refractivity contribution in [3.63, 3.8) is 0 Å². The quantitative estimate of drug-likeness (QED) is 0.397. The van der Waals surface area contributed by atoms with Crippen LogP contribution in [0.4, 0.5) is 4.79 Å². The van der Waals surface area contributed by atoms with Crippen LogP contribution in [0.3, 0.4) is 0 Å². The van der Waals surface area contributed by atoms with Crippen molar-refractivity contribution >= 4 is 28.0 Å². The zero-order valence-corrected chi connectivity index (χ0v) is 17.2. The van der Waals surface area contributed by atoms with Crippen LogP contribution < -0.4 is 5.32 Å². The summed E-state index contributed by atoms with van der Waals surface area (Å²) < 4.78 is 10.3. The topological polar surface area (TPSA) is 64.6 Å². The Labute approximate surface area is 158 Å².